The van der Waals surface area contributed by atoms with E-state index in [9.17, 15) is 0 Å². The zero-order valence-electron chi connectivity index (χ0n) is 19.4. The Balaban J connectivity index is 1.86. The van der Waals surface area contributed by atoms with Crippen LogP contribution < -0.4 is 10.1 Å². The number of anilines is 1. The van der Waals surface area contributed by atoms with Crippen molar-refractivity contribution in [3.05, 3.63) is 59.7 Å². The van der Waals surface area contributed by atoms with Gasteiger partial charge in [0.2, 0.25) is 5.88 Å². The third kappa shape index (κ3) is 4.15. The van der Waals surface area contributed by atoms with Gasteiger partial charge in [-0.25, -0.2) is 9.97 Å². The molecule has 32 heavy (non-hydrogen) atoms. The highest BCUT2D eigenvalue weighted by Crippen LogP contribution is 2.34. The molecule has 4 aromatic heterocycles. The molecule has 7 heteroatoms. The largest absolute Gasteiger partial charge is 0.477 e. The normalized spacial score (nSPS) is 11.3. The van der Waals surface area contributed by atoms with E-state index in [1.807, 2.05) is 42.9 Å². The van der Waals surface area contributed by atoms with E-state index < -0.39 is 0 Å². The highest BCUT2D eigenvalue weighted by molar-refractivity contribution is 5.93. The van der Waals surface area contributed by atoms with Gasteiger partial charge in [-0.3, -0.25) is 9.67 Å². The van der Waals surface area contributed by atoms with Crippen molar-refractivity contribution < 1.29 is 4.74 Å². The summed E-state index contributed by atoms with van der Waals surface area (Å²) in [7, 11) is 0. The first kappa shape index (κ1) is 21.7. The van der Waals surface area contributed by atoms with E-state index in [0.29, 0.717) is 19.0 Å². The molecule has 0 atom stereocenters. The molecule has 0 spiro atoms. The number of pyridine rings is 3. The lowest BCUT2D eigenvalue weighted by atomic mass is 10.1. The van der Waals surface area contributed by atoms with Crippen molar-refractivity contribution in [1.82, 2.24) is 24.7 Å². The molecule has 0 aromatic carbocycles. The van der Waals surface area contributed by atoms with Crippen LogP contribution in [0.5, 0.6) is 5.88 Å². The van der Waals surface area contributed by atoms with Crippen LogP contribution in [0.4, 0.5) is 5.69 Å². The Hall–Kier alpha value is -3.48. The van der Waals surface area contributed by atoms with Gasteiger partial charge < -0.3 is 10.1 Å². The lowest BCUT2D eigenvalue weighted by Crippen LogP contribution is -2.08. The minimum absolute atomic E-state index is 0.210. The molecule has 4 rings (SSSR count). The molecule has 7 nitrogen and oxygen atoms in total. The summed E-state index contributed by atoms with van der Waals surface area (Å²) in [5, 5.41) is 8.43. The summed E-state index contributed by atoms with van der Waals surface area (Å²) in [6, 6.07) is 10.3. The molecule has 0 fully saturated rings. The molecule has 0 saturated heterocycles. The van der Waals surface area contributed by atoms with Gasteiger partial charge in [0.05, 0.1) is 29.2 Å². The Morgan fingerprint density at radius 3 is 2.62 bits per heavy atom. The number of aryl methyl sites for hydroxylation is 2. The average molecular weight is 431 g/mol. The van der Waals surface area contributed by atoms with Crippen LogP contribution in [-0.2, 0) is 13.0 Å². The summed E-state index contributed by atoms with van der Waals surface area (Å²) in [6.07, 6.45) is 4.48. The monoisotopic (exact) mass is 430 g/mol. The molecule has 1 N–H and O–H groups in total. The van der Waals surface area contributed by atoms with Gasteiger partial charge in [0.15, 0.2) is 0 Å². The first-order valence-corrected chi connectivity index (χ1v) is 11.2. The summed E-state index contributed by atoms with van der Waals surface area (Å²) >= 11 is 0. The van der Waals surface area contributed by atoms with Crippen LogP contribution in [0.3, 0.4) is 0 Å². The van der Waals surface area contributed by atoms with Crippen molar-refractivity contribution in [2.45, 2.75) is 53.6 Å². The lowest BCUT2D eigenvalue weighted by Gasteiger charge is -2.16. The molecule has 0 amide bonds. The topological polar surface area (TPSA) is 77.8 Å². The third-order valence-electron chi connectivity index (χ3n) is 5.43. The van der Waals surface area contributed by atoms with Gasteiger partial charge in [0, 0.05) is 30.7 Å². The molecule has 166 valence electrons. The predicted molar refractivity (Wildman–Crippen MR) is 128 cm³/mol. The minimum Gasteiger partial charge on any atom is -0.477 e. The molecule has 0 unspecified atom stereocenters. The number of fused-ring (bicyclic) bond motifs is 1. The molecule has 0 aliphatic heterocycles. The van der Waals surface area contributed by atoms with Gasteiger partial charge >= 0.3 is 0 Å². The van der Waals surface area contributed by atoms with Gasteiger partial charge in [-0.1, -0.05) is 13.0 Å². The van der Waals surface area contributed by atoms with Gasteiger partial charge in [0.25, 0.3) is 0 Å². The Labute approximate surface area is 188 Å². The molecular formula is C25H30N6O. The van der Waals surface area contributed by atoms with E-state index in [0.717, 1.165) is 45.8 Å². The number of hydrogen-bond acceptors (Lipinski definition) is 6. The fraction of sp³-hybridized carbons (Fsp3) is 0.360. The number of aromatic nitrogens is 5. The molecule has 0 saturated carbocycles. The maximum atomic E-state index is 5.78. The molecule has 0 aliphatic rings. The van der Waals surface area contributed by atoms with Crippen molar-refractivity contribution in [2.24, 2.45) is 0 Å². The van der Waals surface area contributed by atoms with E-state index >= 15 is 0 Å². The van der Waals surface area contributed by atoms with Gasteiger partial charge in [-0.15, -0.1) is 0 Å². The number of nitrogens with one attached hydrogen (secondary N) is 1. The zero-order valence-corrected chi connectivity index (χ0v) is 19.4. The Morgan fingerprint density at radius 2 is 1.88 bits per heavy atom. The number of rotatable bonds is 8. The number of nitrogens with zero attached hydrogens (tertiary/aromatic N) is 5. The van der Waals surface area contributed by atoms with E-state index in [1.54, 1.807) is 6.20 Å². The third-order valence-corrected chi connectivity index (χ3v) is 5.43. The summed E-state index contributed by atoms with van der Waals surface area (Å²) in [5.41, 5.74) is 7.73. The second-order valence-corrected chi connectivity index (χ2v) is 7.98. The van der Waals surface area contributed by atoms with Crippen molar-refractivity contribution >= 4 is 16.7 Å². The highest BCUT2D eigenvalue weighted by Gasteiger charge is 2.19. The average Bonchev–Trinajstić information content (AvgIpc) is 3.15. The molecule has 4 aromatic rings. The van der Waals surface area contributed by atoms with Crippen molar-refractivity contribution in [1.29, 1.82) is 0 Å². The standard InChI is InChI=1S/C25H30N6O/c1-6-20-18(10-8-12-26-20)15-28-22-14-21(19-11-9-13-27-25(19)32-7-2)29-23-17(5)30-31(16(3)4)24(22)23/h8-14,16H,6-7,15H2,1-5H3,(H,28,29). The molecule has 0 aliphatic carbocycles. The summed E-state index contributed by atoms with van der Waals surface area (Å²) in [6.45, 7) is 11.6. The first-order chi connectivity index (χ1) is 15.5. The highest BCUT2D eigenvalue weighted by atomic mass is 16.5. The Kier molecular flexibility index (Phi) is 6.35. The van der Waals surface area contributed by atoms with Crippen LogP contribution >= 0.6 is 0 Å². The van der Waals surface area contributed by atoms with Crippen LogP contribution in [0, 0.1) is 6.92 Å². The van der Waals surface area contributed by atoms with Gasteiger partial charge in [-0.05, 0) is 63.9 Å². The summed E-state index contributed by atoms with van der Waals surface area (Å²) in [5.74, 6) is 0.585. The molecule has 4 heterocycles. The van der Waals surface area contributed by atoms with Gasteiger partial charge in [-0.2, -0.15) is 5.10 Å². The second kappa shape index (κ2) is 9.34. The van der Waals surface area contributed by atoms with Crippen LogP contribution in [0.15, 0.2) is 42.7 Å². The van der Waals surface area contributed by atoms with Crippen molar-refractivity contribution in [3.63, 3.8) is 0 Å². The van der Waals surface area contributed by atoms with Crippen molar-refractivity contribution in [3.8, 4) is 17.1 Å². The maximum Gasteiger partial charge on any atom is 0.222 e. The van der Waals surface area contributed by atoms with E-state index in [1.165, 1.54) is 5.56 Å². The van der Waals surface area contributed by atoms with Crippen molar-refractivity contribution in [2.75, 3.05) is 11.9 Å². The van der Waals surface area contributed by atoms with Crippen LogP contribution in [0.25, 0.3) is 22.3 Å². The van der Waals surface area contributed by atoms with Gasteiger partial charge in [0.1, 0.15) is 11.0 Å². The van der Waals surface area contributed by atoms with Crippen LogP contribution in [0.1, 0.15) is 50.7 Å². The molecule has 0 bridgehead atoms. The lowest BCUT2D eigenvalue weighted by molar-refractivity contribution is 0.328. The minimum atomic E-state index is 0.210. The van der Waals surface area contributed by atoms with E-state index in [-0.39, 0.29) is 6.04 Å². The fourth-order valence-corrected chi connectivity index (χ4v) is 3.91. The quantitative estimate of drug-likeness (QED) is 0.406. The zero-order chi connectivity index (χ0) is 22.7. The SMILES string of the molecule is CCOc1ncccc1-c1cc(NCc2cccnc2CC)c2c(n1)c(C)nn2C(C)C. The van der Waals surface area contributed by atoms with Crippen LogP contribution in [-0.4, -0.2) is 31.3 Å². The summed E-state index contributed by atoms with van der Waals surface area (Å²) in [4.78, 5) is 13.9. The molecule has 0 radical (unpaired) electrons. The van der Waals surface area contributed by atoms with E-state index in [4.69, 9.17) is 14.8 Å². The fourth-order valence-electron chi connectivity index (χ4n) is 3.91. The number of hydrogen-bond donors (Lipinski definition) is 1. The van der Waals surface area contributed by atoms with E-state index in [2.05, 4.69) is 48.2 Å². The number of ether oxygens (including phenoxy) is 1. The smallest absolute Gasteiger partial charge is 0.222 e. The summed E-state index contributed by atoms with van der Waals surface area (Å²) < 4.78 is 7.82. The Morgan fingerprint density at radius 1 is 1.09 bits per heavy atom. The second-order valence-electron chi connectivity index (χ2n) is 7.98. The first-order valence-electron chi connectivity index (χ1n) is 11.2. The predicted octanol–water partition coefficient (Wildman–Crippen LogP) is 5.35. The van der Waals surface area contributed by atoms with Crippen LogP contribution in [0.2, 0.25) is 0 Å². The molecular weight excluding hydrogens is 400 g/mol. The Bertz CT molecular complexity index is 1230. The maximum absolute atomic E-state index is 5.78.